The molecule has 18 heavy (non-hydrogen) atoms. The monoisotopic (exact) mass is 245 g/mol. The molecule has 3 heteroatoms. The molecule has 0 spiro atoms. The summed E-state index contributed by atoms with van der Waals surface area (Å²) >= 11 is 0. The van der Waals surface area contributed by atoms with Crippen molar-refractivity contribution in [1.82, 2.24) is 10.2 Å². The lowest BCUT2D eigenvalue weighted by molar-refractivity contribution is 0.233. The van der Waals surface area contributed by atoms with Crippen molar-refractivity contribution in [2.24, 2.45) is 5.73 Å². The van der Waals surface area contributed by atoms with Crippen LogP contribution in [0.2, 0.25) is 0 Å². The highest BCUT2D eigenvalue weighted by molar-refractivity contribution is 5.30. The largest absolute Gasteiger partial charge is 0.321 e. The molecule has 1 heterocycles. The third-order valence-corrected chi connectivity index (χ3v) is 4.39. The van der Waals surface area contributed by atoms with E-state index in [0.717, 1.165) is 45.6 Å². The third-order valence-electron chi connectivity index (χ3n) is 4.39. The van der Waals surface area contributed by atoms with Gasteiger partial charge in [-0.05, 0) is 30.4 Å². The van der Waals surface area contributed by atoms with Crippen LogP contribution in [-0.4, -0.2) is 31.1 Å². The molecule has 1 aromatic rings. The lowest BCUT2D eigenvalue weighted by Crippen LogP contribution is -2.43. The molecule has 0 unspecified atom stereocenters. The minimum atomic E-state index is -0.0203. The first kappa shape index (κ1) is 12.2. The molecule has 0 aromatic heterocycles. The van der Waals surface area contributed by atoms with Gasteiger partial charge in [0.1, 0.15) is 0 Å². The standard InChI is InChI=1S/C15H23N3/c16-15(6-1-7-15)14-4-2-13(3-5-14)12-18-10-8-17-9-11-18/h2-5,17H,1,6-12,16H2. The van der Waals surface area contributed by atoms with Crippen molar-refractivity contribution in [3.8, 4) is 0 Å². The highest BCUT2D eigenvalue weighted by Crippen LogP contribution is 2.38. The fourth-order valence-corrected chi connectivity index (χ4v) is 2.92. The van der Waals surface area contributed by atoms with Gasteiger partial charge in [0.2, 0.25) is 0 Å². The van der Waals surface area contributed by atoms with Crippen LogP contribution in [0, 0.1) is 0 Å². The summed E-state index contributed by atoms with van der Waals surface area (Å²) in [6, 6.07) is 8.97. The van der Waals surface area contributed by atoms with Crippen LogP contribution < -0.4 is 11.1 Å². The molecule has 98 valence electrons. The Bertz CT molecular complexity index is 389. The quantitative estimate of drug-likeness (QED) is 0.846. The molecule has 0 bridgehead atoms. The predicted octanol–water partition coefficient (Wildman–Crippen LogP) is 1.43. The Balaban J connectivity index is 1.63. The summed E-state index contributed by atoms with van der Waals surface area (Å²) in [7, 11) is 0. The molecule has 2 aliphatic rings. The molecule has 0 atom stereocenters. The molecular weight excluding hydrogens is 222 g/mol. The van der Waals surface area contributed by atoms with Gasteiger partial charge in [-0.1, -0.05) is 24.3 Å². The van der Waals surface area contributed by atoms with E-state index in [1.165, 1.54) is 17.5 Å². The third kappa shape index (κ3) is 2.44. The first-order valence-corrected chi connectivity index (χ1v) is 7.08. The SMILES string of the molecule is NC1(c2ccc(CN3CCNCC3)cc2)CCC1. The first-order chi connectivity index (χ1) is 8.76. The van der Waals surface area contributed by atoms with E-state index in [0.29, 0.717) is 0 Å². The van der Waals surface area contributed by atoms with Crippen LogP contribution in [0.15, 0.2) is 24.3 Å². The van der Waals surface area contributed by atoms with E-state index >= 15 is 0 Å². The molecule has 1 saturated carbocycles. The summed E-state index contributed by atoms with van der Waals surface area (Å²) in [6.07, 6.45) is 3.56. The van der Waals surface area contributed by atoms with Crippen molar-refractivity contribution in [2.75, 3.05) is 26.2 Å². The van der Waals surface area contributed by atoms with E-state index in [2.05, 4.69) is 34.5 Å². The van der Waals surface area contributed by atoms with Crippen molar-refractivity contribution in [3.63, 3.8) is 0 Å². The number of hydrogen-bond acceptors (Lipinski definition) is 3. The maximum absolute atomic E-state index is 6.34. The zero-order valence-electron chi connectivity index (χ0n) is 11.0. The van der Waals surface area contributed by atoms with Crippen LogP contribution >= 0.6 is 0 Å². The molecule has 3 rings (SSSR count). The maximum atomic E-state index is 6.34. The van der Waals surface area contributed by atoms with Crippen molar-refractivity contribution in [3.05, 3.63) is 35.4 Å². The first-order valence-electron chi connectivity index (χ1n) is 7.08. The maximum Gasteiger partial charge on any atom is 0.0409 e. The topological polar surface area (TPSA) is 41.3 Å². The number of nitrogens with zero attached hydrogens (tertiary/aromatic N) is 1. The molecule has 2 fully saturated rings. The number of hydrogen-bond donors (Lipinski definition) is 2. The Hall–Kier alpha value is -0.900. The zero-order chi connectivity index (χ0) is 12.4. The van der Waals surface area contributed by atoms with Crippen LogP contribution in [0.3, 0.4) is 0 Å². The Labute approximate surface area is 109 Å². The highest BCUT2D eigenvalue weighted by Gasteiger charge is 2.33. The van der Waals surface area contributed by atoms with E-state index in [1.54, 1.807) is 0 Å². The summed E-state index contributed by atoms with van der Waals surface area (Å²) < 4.78 is 0. The molecule has 1 aliphatic heterocycles. The fraction of sp³-hybridized carbons (Fsp3) is 0.600. The zero-order valence-corrected chi connectivity index (χ0v) is 11.0. The van der Waals surface area contributed by atoms with E-state index < -0.39 is 0 Å². The fourth-order valence-electron chi connectivity index (χ4n) is 2.92. The van der Waals surface area contributed by atoms with Gasteiger partial charge in [-0.15, -0.1) is 0 Å². The van der Waals surface area contributed by atoms with E-state index in [1.807, 2.05) is 0 Å². The molecule has 1 aromatic carbocycles. The molecule has 1 aliphatic carbocycles. The predicted molar refractivity (Wildman–Crippen MR) is 74.3 cm³/mol. The Morgan fingerprint density at radius 1 is 1.11 bits per heavy atom. The number of nitrogens with one attached hydrogen (secondary N) is 1. The van der Waals surface area contributed by atoms with Gasteiger partial charge < -0.3 is 11.1 Å². The van der Waals surface area contributed by atoms with Gasteiger partial charge in [0.25, 0.3) is 0 Å². The Morgan fingerprint density at radius 3 is 2.33 bits per heavy atom. The van der Waals surface area contributed by atoms with Crippen LogP contribution in [0.4, 0.5) is 0 Å². The summed E-state index contributed by atoms with van der Waals surface area (Å²) in [6.45, 7) is 5.61. The van der Waals surface area contributed by atoms with Gasteiger partial charge in [-0.3, -0.25) is 4.90 Å². The lowest BCUT2D eigenvalue weighted by atomic mass is 9.73. The Kier molecular flexibility index (Phi) is 3.37. The van der Waals surface area contributed by atoms with E-state index in [4.69, 9.17) is 5.73 Å². The molecule has 3 nitrogen and oxygen atoms in total. The van der Waals surface area contributed by atoms with E-state index in [-0.39, 0.29) is 5.54 Å². The minimum Gasteiger partial charge on any atom is -0.321 e. The van der Waals surface area contributed by atoms with Crippen LogP contribution in [-0.2, 0) is 12.1 Å². The highest BCUT2D eigenvalue weighted by atomic mass is 15.2. The van der Waals surface area contributed by atoms with Gasteiger partial charge in [-0.2, -0.15) is 0 Å². The smallest absolute Gasteiger partial charge is 0.0409 e. The number of rotatable bonds is 3. The average Bonchev–Trinajstić information content (AvgIpc) is 2.38. The van der Waals surface area contributed by atoms with Gasteiger partial charge in [0, 0.05) is 38.3 Å². The van der Waals surface area contributed by atoms with E-state index in [9.17, 15) is 0 Å². The normalized spacial score (nSPS) is 23.6. The summed E-state index contributed by atoms with van der Waals surface area (Å²) in [4.78, 5) is 2.51. The summed E-state index contributed by atoms with van der Waals surface area (Å²) in [5.74, 6) is 0. The summed E-state index contributed by atoms with van der Waals surface area (Å²) in [5.41, 5.74) is 9.04. The number of piperazine rings is 1. The average molecular weight is 245 g/mol. The van der Waals surface area contributed by atoms with Crippen molar-refractivity contribution < 1.29 is 0 Å². The van der Waals surface area contributed by atoms with Gasteiger partial charge >= 0.3 is 0 Å². The van der Waals surface area contributed by atoms with Gasteiger partial charge in [0.05, 0.1) is 0 Å². The second-order valence-corrected chi connectivity index (χ2v) is 5.73. The second-order valence-electron chi connectivity index (χ2n) is 5.73. The van der Waals surface area contributed by atoms with Crippen LogP contribution in [0.1, 0.15) is 30.4 Å². The Morgan fingerprint density at radius 2 is 1.78 bits per heavy atom. The molecule has 0 radical (unpaired) electrons. The lowest BCUT2D eigenvalue weighted by Gasteiger charge is -2.38. The molecular formula is C15H23N3. The van der Waals surface area contributed by atoms with Crippen molar-refractivity contribution in [1.29, 1.82) is 0 Å². The van der Waals surface area contributed by atoms with Crippen LogP contribution in [0.5, 0.6) is 0 Å². The molecule has 3 N–H and O–H groups in total. The van der Waals surface area contributed by atoms with Gasteiger partial charge in [-0.25, -0.2) is 0 Å². The number of nitrogens with two attached hydrogens (primary N) is 1. The summed E-state index contributed by atoms with van der Waals surface area (Å²) in [5, 5.41) is 3.39. The number of benzene rings is 1. The van der Waals surface area contributed by atoms with Crippen LogP contribution in [0.25, 0.3) is 0 Å². The molecule has 0 amide bonds. The second kappa shape index (κ2) is 5.00. The molecule has 1 saturated heterocycles. The van der Waals surface area contributed by atoms with Crippen molar-refractivity contribution in [2.45, 2.75) is 31.3 Å². The van der Waals surface area contributed by atoms with Gasteiger partial charge in [0.15, 0.2) is 0 Å². The minimum absolute atomic E-state index is 0.0203. The van der Waals surface area contributed by atoms with Crippen molar-refractivity contribution >= 4 is 0 Å².